The fraction of sp³-hybridized carbons (Fsp3) is 0.556. The van der Waals surface area contributed by atoms with Crippen molar-refractivity contribution in [1.29, 1.82) is 0 Å². The van der Waals surface area contributed by atoms with Gasteiger partial charge in [-0.2, -0.15) is 17.2 Å². The number of hydrogen-bond acceptors (Lipinski definition) is 2. The van der Waals surface area contributed by atoms with Gasteiger partial charge in [-0.15, -0.1) is 24.0 Å². The first kappa shape index (κ1) is 30.3. The summed E-state index contributed by atoms with van der Waals surface area (Å²) in [7, 11) is 6.77. The van der Waals surface area contributed by atoms with E-state index in [1.54, 1.807) is 11.1 Å². The summed E-state index contributed by atoms with van der Waals surface area (Å²) < 4.78 is 0. The minimum atomic E-state index is 0. The Kier molecular flexibility index (Phi) is 9.36. The quantitative estimate of drug-likeness (QED) is 0.167. The van der Waals surface area contributed by atoms with Gasteiger partial charge in [0.15, 0.2) is 0 Å². The Labute approximate surface area is 263 Å². The van der Waals surface area contributed by atoms with Crippen molar-refractivity contribution in [2.75, 3.05) is 19.3 Å². The maximum absolute atomic E-state index is 3.98. The van der Waals surface area contributed by atoms with Gasteiger partial charge in [-0.1, -0.05) is 35.9 Å². The zero-order valence-electron chi connectivity index (χ0n) is 24.4. The van der Waals surface area contributed by atoms with Crippen LogP contribution in [-0.2, 0) is 27.6 Å². The zero-order valence-corrected chi connectivity index (χ0v) is 27.8. The summed E-state index contributed by atoms with van der Waals surface area (Å²) in [5, 5.41) is 8.01. The molecule has 5 heteroatoms. The molecule has 4 aliphatic carbocycles. The smallest absolute Gasteiger partial charge is 0.0194 e. The van der Waals surface area contributed by atoms with Crippen LogP contribution >= 0.6 is 18.5 Å². The summed E-state index contributed by atoms with van der Waals surface area (Å²) in [4.78, 5) is 0. The monoisotopic (exact) mass is 626 g/mol. The van der Waals surface area contributed by atoms with Gasteiger partial charge >= 0.3 is 0 Å². The molecular formula is C36H48FeN2P2-6. The Hall–Kier alpha value is -0.781. The normalized spacial score (nSPS) is 35.0. The molecule has 3 aromatic carbocycles. The fourth-order valence-corrected chi connectivity index (χ4v) is 11.8. The van der Waals surface area contributed by atoms with Gasteiger partial charge in [0, 0.05) is 34.3 Å². The molecule has 6 aliphatic rings. The van der Waals surface area contributed by atoms with Gasteiger partial charge in [0.2, 0.25) is 0 Å². The number of benzene rings is 1. The number of rotatable bonds is 6. The first-order valence-corrected chi connectivity index (χ1v) is 17.5. The summed E-state index contributed by atoms with van der Waals surface area (Å²) in [6.07, 6.45) is 13.8. The van der Waals surface area contributed by atoms with Crippen molar-refractivity contribution >= 4 is 18.5 Å². The molecule has 9 rings (SSSR count). The van der Waals surface area contributed by atoms with Crippen LogP contribution in [-0.4, -0.2) is 31.3 Å². The molecule has 6 fully saturated rings. The summed E-state index contributed by atoms with van der Waals surface area (Å²) in [6.45, 7) is 2.33. The standard InChI is InChI=1S/C31H43N2P2.C5H5.Fe/c34-19-30(24-13-20-12-21(15-24)16-25(30)14-20)26-17-23(22-6-2-1-3-7-22)18-27(26)31(35,28-8-4-10-32-28)29-9-5-11-33-29;1-2-4-5-3-1;/h1-3,6-7,17-18,20-21,24-25,28-29,32-33H,4-5,8-16,19,34-35H2;1-5H;/q-1;-5;. The first-order valence-electron chi connectivity index (χ1n) is 16.1. The van der Waals surface area contributed by atoms with E-state index in [-0.39, 0.29) is 22.2 Å². The molecule has 4 saturated carbocycles. The zero-order chi connectivity index (χ0) is 27.2. The molecular weight excluding hydrogens is 578 g/mol. The Morgan fingerprint density at radius 2 is 1.34 bits per heavy atom. The molecule has 2 saturated heterocycles. The van der Waals surface area contributed by atoms with E-state index in [4.69, 9.17) is 0 Å². The minimum Gasteiger partial charge on any atom is -0.748 e. The average molecular weight is 627 g/mol. The van der Waals surface area contributed by atoms with Gasteiger partial charge < -0.3 is 41.0 Å². The van der Waals surface area contributed by atoms with E-state index in [0.717, 1.165) is 23.7 Å². The second-order valence-corrected chi connectivity index (χ2v) is 15.0. The molecule has 4 bridgehead atoms. The molecule has 0 spiro atoms. The second-order valence-electron chi connectivity index (χ2n) is 13.7. The van der Waals surface area contributed by atoms with Crippen molar-refractivity contribution in [1.82, 2.24) is 10.6 Å². The summed E-state index contributed by atoms with van der Waals surface area (Å²) in [5.74, 6) is 3.73. The molecule has 2 aliphatic heterocycles. The predicted octanol–water partition coefficient (Wildman–Crippen LogP) is 7.62. The van der Waals surface area contributed by atoms with E-state index in [2.05, 4.69) is 71.6 Å². The van der Waals surface area contributed by atoms with Crippen LogP contribution in [0.25, 0.3) is 11.1 Å². The van der Waals surface area contributed by atoms with E-state index in [9.17, 15) is 0 Å². The van der Waals surface area contributed by atoms with Gasteiger partial charge in [-0.25, -0.2) is 6.07 Å². The van der Waals surface area contributed by atoms with E-state index in [0.29, 0.717) is 17.5 Å². The third kappa shape index (κ3) is 5.30. The molecule has 226 valence electrons. The Balaban J connectivity index is 0.000000458. The maximum Gasteiger partial charge on any atom is 0.0194 e. The Bertz CT molecular complexity index is 1180. The maximum atomic E-state index is 3.98. The van der Waals surface area contributed by atoms with Crippen LogP contribution in [0.2, 0.25) is 0 Å². The number of hydrogen-bond donors (Lipinski definition) is 2. The molecule has 2 heterocycles. The molecule has 0 radical (unpaired) electrons. The van der Waals surface area contributed by atoms with E-state index < -0.39 is 0 Å². The molecule has 0 amide bonds. The Morgan fingerprint density at radius 1 is 0.805 bits per heavy atom. The molecule has 2 N–H and O–H groups in total. The van der Waals surface area contributed by atoms with Gasteiger partial charge in [0.05, 0.1) is 0 Å². The van der Waals surface area contributed by atoms with Crippen molar-refractivity contribution in [3.05, 3.63) is 83.9 Å². The van der Waals surface area contributed by atoms with Crippen LogP contribution in [0.5, 0.6) is 0 Å². The molecule has 4 atom stereocenters. The van der Waals surface area contributed by atoms with Gasteiger partial charge in [0.1, 0.15) is 0 Å². The van der Waals surface area contributed by atoms with Crippen molar-refractivity contribution < 1.29 is 17.1 Å². The fourth-order valence-electron chi connectivity index (χ4n) is 10.1. The molecule has 2 nitrogen and oxygen atoms in total. The van der Waals surface area contributed by atoms with Crippen LogP contribution in [0.1, 0.15) is 68.9 Å². The molecule has 0 aromatic heterocycles. The van der Waals surface area contributed by atoms with E-state index >= 15 is 0 Å². The summed E-state index contributed by atoms with van der Waals surface area (Å²) in [5.41, 5.74) is 6.56. The predicted molar refractivity (Wildman–Crippen MR) is 176 cm³/mol. The summed E-state index contributed by atoms with van der Waals surface area (Å²) >= 11 is 0. The van der Waals surface area contributed by atoms with Gasteiger partial charge in [0.25, 0.3) is 0 Å². The third-order valence-electron chi connectivity index (χ3n) is 11.7. The van der Waals surface area contributed by atoms with Gasteiger partial charge in [-0.05, 0) is 106 Å². The van der Waals surface area contributed by atoms with Crippen LogP contribution in [0.3, 0.4) is 0 Å². The minimum absolute atomic E-state index is 0. The van der Waals surface area contributed by atoms with Crippen molar-refractivity contribution in [3.8, 4) is 11.1 Å². The molecule has 3 aromatic rings. The molecule has 41 heavy (non-hydrogen) atoms. The average Bonchev–Trinajstić information content (AvgIpc) is 3.82. The van der Waals surface area contributed by atoms with Crippen molar-refractivity contribution in [2.24, 2.45) is 23.7 Å². The third-order valence-corrected chi connectivity index (χ3v) is 13.5. The second kappa shape index (κ2) is 12.7. The first-order chi connectivity index (χ1) is 19.6. The Morgan fingerprint density at radius 3 is 1.80 bits per heavy atom. The largest absolute Gasteiger partial charge is 0.748 e. The van der Waals surface area contributed by atoms with Crippen LogP contribution in [0.4, 0.5) is 0 Å². The molecule has 4 unspecified atom stereocenters. The van der Waals surface area contributed by atoms with E-state index in [1.807, 2.05) is 30.3 Å². The van der Waals surface area contributed by atoms with Crippen molar-refractivity contribution in [3.63, 3.8) is 0 Å². The topological polar surface area (TPSA) is 24.1 Å². The van der Waals surface area contributed by atoms with Crippen molar-refractivity contribution in [2.45, 2.75) is 80.4 Å². The summed E-state index contributed by atoms with van der Waals surface area (Å²) in [6, 6.07) is 27.6. The van der Waals surface area contributed by atoms with Crippen LogP contribution in [0.15, 0.2) is 72.8 Å². The number of nitrogens with one attached hydrogen (secondary N) is 2. The van der Waals surface area contributed by atoms with Crippen LogP contribution < -0.4 is 10.6 Å². The SMILES string of the molecule is PCC1([c-]2cc(-c3ccccc3)cc2C(P)(C2CCCN2)C2CCCN2)C2CC3CC(C2)CC1C3.[Fe].[cH-]1[cH-][cH-][cH-][cH-]1. The van der Waals surface area contributed by atoms with Gasteiger partial charge in [-0.3, -0.25) is 0 Å². The van der Waals surface area contributed by atoms with Crippen LogP contribution in [0, 0.1) is 23.7 Å². The van der Waals surface area contributed by atoms with E-state index in [1.165, 1.54) is 88.2 Å².